The molecule has 25 heavy (non-hydrogen) atoms. The maximum atomic E-state index is 12.4. The number of fused-ring (bicyclic) bond motifs is 1. The number of hydrogen-bond acceptors (Lipinski definition) is 5. The van der Waals surface area contributed by atoms with Crippen molar-refractivity contribution in [2.45, 2.75) is 32.2 Å². The van der Waals surface area contributed by atoms with Gasteiger partial charge >= 0.3 is 5.97 Å². The Balaban J connectivity index is 1.49. The Morgan fingerprint density at radius 2 is 1.96 bits per heavy atom. The number of anilines is 1. The van der Waals surface area contributed by atoms with Gasteiger partial charge in [-0.05, 0) is 36.4 Å². The normalized spacial score (nSPS) is 15.7. The fourth-order valence-corrected chi connectivity index (χ4v) is 3.70. The minimum absolute atomic E-state index is 0.0177. The van der Waals surface area contributed by atoms with Crippen LogP contribution in [0.3, 0.4) is 0 Å². The second-order valence-corrected chi connectivity index (χ2v) is 6.95. The molecule has 0 bridgehead atoms. The average molecular weight is 357 g/mol. The largest absolute Gasteiger partial charge is 0.456 e. The number of carbonyl (C=O) groups is 3. The molecule has 5 nitrogen and oxygen atoms in total. The van der Waals surface area contributed by atoms with Crippen molar-refractivity contribution in [1.29, 1.82) is 0 Å². The maximum Gasteiger partial charge on any atom is 0.306 e. The molecular weight excluding hydrogens is 338 g/mol. The predicted molar refractivity (Wildman–Crippen MR) is 95.9 cm³/mol. The van der Waals surface area contributed by atoms with Crippen LogP contribution in [-0.2, 0) is 20.7 Å². The van der Waals surface area contributed by atoms with Gasteiger partial charge in [0.2, 0.25) is 0 Å². The van der Waals surface area contributed by atoms with Crippen LogP contribution in [0, 0.1) is 0 Å². The summed E-state index contributed by atoms with van der Waals surface area (Å²) < 4.78 is 5.07. The number of ether oxygens (including phenoxy) is 1. The second-order valence-electron chi connectivity index (χ2n) is 6.01. The number of para-hydroxylation sites is 1. The van der Waals surface area contributed by atoms with Crippen molar-refractivity contribution in [3.63, 3.8) is 0 Å². The van der Waals surface area contributed by atoms with Crippen LogP contribution >= 0.6 is 11.3 Å². The molecule has 130 valence electrons. The van der Waals surface area contributed by atoms with E-state index in [1.54, 1.807) is 17.0 Å². The molecule has 1 aromatic heterocycles. The lowest BCUT2D eigenvalue weighted by molar-refractivity contribution is -0.147. The van der Waals surface area contributed by atoms with Gasteiger partial charge in [-0.1, -0.05) is 24.3 Å². The highest BCUT2D eigenvalue weighted by Crippen LogP contribution is 2.31. The van der Waals surface area contributed by atoms with Crippen molar-refractivity contribution in [1.82, 2.24) is 0 Å². The van der Waals surface area contributed by atoms with Crippen LogP contribution in [0.15, 0.2) is 41.8 Å². The molecule has 0 N–H and O–H groups in total. The topological polar surface area (TPSA) is 63.7 Å². The van der Waals surface area contributed by atoms with Gasteiger partial charge in [0.15, 0.2) is 12.4 Å². The second kappa shape index (κ2) is 7.61. The molecule has 1 aliphatic rings. The van der Waals surface area contributed by atoms with E-state index in [9.17, 15) is 14.4 Å². The molecule has 3 rings (SSSR count). The van der Waals surface area contributed by atoms with Crippen molar-refractivity contribution in [3.05, 3.63) is 52.2 Å². The van der Waals surface area contributed by atoms with E-state index in [-0.39, 0.29) is 37.2 Å². The highest BCUT2D eigenvalue weighted by Gasteiger charge is 2.30. The standard InChI is InChI=1S/C19H19NO4S/c1-13-11-14-5-2-3-6-15(14)20(13)18(22)12-24-19(23)9-8-16(21)17-7-4-10-25-17/h2-7,10,13H,8-9,11-12H2,1H3/t13-/m1/s1. The molecule has 0 aliphatic carbocycles. The number of amides is 1. The molecular formula is C19H19NO4S. The molecule has 0 fully saturated rings. The van der Waals surface area contributed by atoms with Gasteiger partial charge in [0.05, 0.1) is 11.3 Å². The minimum atomic E-state index is -0.529. The van der Waals surface area contributed by atoms with Gasteiger partial charge in [-0.15, -0.1) is 11.3 Å². The van der Waals surface area contributed by atoms with E-state index < -0.39 is 5.97 Å². The van der Waals surface area contributed by atoms with Crippen molar-refractivity contribution < 1.29 is 19.1 Å². The Morgan fingerprint density at radius 1 is 1.16 bits per heavy atom. The van der Waals surface area contributed by atoms with Gasteiger partial charge in [-0.25, -0.2) is 0 Å². The molecule has 0 saturated carbocycles. The molecule has 0 radical (unpaired) electrons. The zero-order valence-corrected chi connectivity index (χ0v) is 14.8. The first-order chi connectivity index (χ1) is 12.1. The Labute approximate surface area is 150 Å². The van der Waals surface area contributed by atoms with E-state index in [0.29, 0.717) is 4.88 Å². The first kappa shape index (κ1) is 17.4. The Hall–Kier alpha value is -2.47. The molecule has 1 aromatic carbocycles. The average Bonchev–Trinajstić information content (AvgIpc) is 3.24. The van der Waals surface area contributed by atoms with E-state index >= 15 is 0 Å². The molecule has 0 unspecified atom stereocenters. The summed E-state index contributed by atoms with van der Waals surface area (Å²) in [6, 6.07) is 11.3. The summed E-state index contributed by atoms with van der Waals surface area (Å²) in [4.78, 5) is 38.4. The summed E-state index contributed by atoms with van der Waals surface area (Å²) in [6.07, 6.45) is 0.873. The summed E-state index contributed by atoms with van der Waals surface area (Å²) in [5.41, 5.74) is 2.00. The van der Waals surface area contributed by atoms with Crippen LogP contribution in [-0.4, -0.2) is 30.3 Å². The van der Waals surface area contributed by atoms with Crippen LogP contribution in [0.2, 0.25) is 0 Å². The van der Waals surface area contributed by atoms with E-state index in [1.165, 1.54) is 11.3 Å². The van der Waals surface area contributed by atoms with Crippen molar-refractivity contribution in [2.75, 3.05) is 11.5 Å². The van der Waals surface area contributed by atoms with Crippen LogP contribution in [0.25, 0.3) is 0 Å². The zero-order valence-electron chi connectivity index (χ0n) is 13.9. The third kappa shape index (κ3) is 3.96. The van der Waals surface area contributed by atoms with Crippen molar-refractivity contribution >= 4 is 34.7 Å². The van der Waals surface area contributed by atoms with E-state index in [0.717, 1.165) is 17.7 Å². The molecule has 2 aromatic rings. The number of rotatable bonds is 6. The van der Waals surface area contributed by atoms with E-state index in [1.807, 2.05) is 36.6 Å². The first-order valence-corrected chi connectivity index (χ1v) is 9.06. The van der Waals surface area contributed by atoms with Crippen LogP contribution in [0.5, 0.6) is 0 Å². The highest BCUT2D eigenvalue weighted by molar-refractivity contribution is 7.12. The summed E-state index contributed by atoms with van der Waals surface area (Å²) in [6.45, 7) is 1.67. The molecule has 0 saturated heterocycles. The minimum Gasteiger partial charge on any atom is -0.456 e. The third-order valence-electron chi connectivity index (χ3n) is 4.18. The van der Waals surface area contributed by atoms with Crippen molar-refractivity contribution in [3.8, 4) is 0 Å². The number of ketones is 1. The van der Waals surface area contributed by atoms with Gasteiger partial charge in [0.1, 0.15) is 0 Å². The van der Waals surface area contributed by atoms with Gasteiger partial charge in [0, 0.05) is 18.2 Å². The summed E-state index contributed by atoms with van der Waals surface area (Å²) in [5, 5.41) is 1.82. The monoisotopic (exact) mass is 357 g/mol. The Morgan fingerprint density at radius 3 is 2.72 bits per heavy atom. The van der Waals surface area contributed by atoms with E-state index in [2.05, 4.69) is 0 Å². The van der Waals surface area contributed by atoms with Crippen LogP contribution in [0.1, 0.15) is 35.0 Å². The number of benzene rings is 1. The lowest BCUT2D eigenvalue weighted by atomic mass is 10.1. The molecule has 6 heteroatoms. The molecule has 0 spiro atoms. The number of Topliss-reactive ketones (excluding diaryl/α,β-unsaturated/α-hetero) is 1. The van der Waals surface area contributed by atoms with Crippen LogP contribution < -0.4 is 4.90 Å². The Bertz CT molecular complexity index is 784. The fourth-order valence-electron chi connectivity index (χ4n) is 3.01. The first-order valence-electron chi connectivity index (χ1n) is 8.18. The number of hydrogen-bond donors (Lipinski definition) is 0. The smallest absolute Gasteiger partial charge is 0.306 e. The molecule has 1 amide bonds. The zero-order chi connectivity index (χ0) is 17.8. The van der Waals surface area contributed by atoms with Gasteiger partial charge < -0.3 is 9.64 Å². The summed E-state index contributed by atoms with van der Waals surface area (Å²) in [5.74, 6) is -0.853. The van der Waals surface area contributed by atoms with Gasteiger partial charge in [-0.2, -0.15) is 0 Å². The lowest BCUT2D eigenvalue weighted by Crippen LogP contribution is -2.38. The Kier molecular flexibility index (Phi) is 5.28. The lowest BCUT2D eigenvalue weighted by Gasteiger charge is -2.22. The quantitative estimate of drug-likeness (QED) is 0.588. The predicted octanol–water partition coefficient (Wildman–Crippen LogP) is 3.23. The molecule has 1 aliphatic heterocycles. The summed E-state index contributed by atoms with van der Waals surface area (Å²) in [7, 11) is 0. The maximum absolute atomic E-state index is 12.4. The van der Waals surface area contributed by atoms with Gasteiger partial charge in [0.25, 0.3) is 5.91 Å². The SMILES string of the molecule is C[C@@H]1Cc2ccccc2N1C(=O)COC(=O)CCC(=O)c1cccs1. The third-order valence-corrected chi connectivity index (χ3v) is 5.10. The molecule has 1 atom stereocenters. The van der Waals surface area contributed by atoms with E-state index in [4.69, 9.17) is 4.74 Å². The number of esters is 1. The van der Waals surface area contributed by atoms with Crippen LogP contribution in [0.4, 0.5) is 5.69 Å². The molecule has 2 heterocycles. The van der Waals surface area contributed by atoms with Crippen molar-refractivity contribution in [2.24, 2.45) is 0 Å². The summed E-state index contributed by atoms with van der Waals surface area (Å²) >= 11 is 1.35. The number of nitrogens with zero attached hydrogens (tertiary/aromatic N) is 1. The van der Waals surface area contributed by atoms with Gasteiger partial charge in [-0.3, -0.25) is 14.4 Å². The number of thiophene rings is 1. The number of carbonyl (C=O) groups excluding carboxylic acids is 3. The highest BCUT2D eigenvalue weighted by atomic mass is 32.1. The fraction of sp³-hybridized carbons (Fsp3) is 0.316.